The Hall–Kier alpha value is -2.44. The van der Waals surface area contributed by atoms with Crippen molar-refractivity contribution in [1.29, 1.82) is 0 Å². The van der Waals surface area contributed by atoms with E-state index in [1.165, 1.54) is 34.3 Å². The number of aryl methyl sites for hydroxylation is 3. The van der Waals surface area contributed by atoms with Gasteiger partial charge in [0.25, 0.3) is 5.56 Å². The zero-order chi connectivity index (χ0) is 22.0. The van der Waals surface area contributed by atoms with E-state index in [1.807, 2.05) is 25.1 Å². The van der Waals surface area contributed by atoms with Gasteiger partial charge >= 0.3 is 0 Å². The zero-order valence-electron chi connectivity index (χ0n) is 17.9. The average molecular weight is 453 g/mol. The Morgan fingerprint density at radius 1 is 1.10 bits per heavy atom. The molecule has 0 aliphatic carbocycles. The highest BCUT2D eigenvalue weighted by molar-refractivity contribution is 7.98. The van der Waals surface area contributed by atoms with Crippen LogP contribution in [-0.4, -0.2) is 9.55 Å². The summed E-state index contributed by atoms with van der Waals surface area (Å²) in [5.41, 5.74) is 3.89. The number of thiophene rings is 1. The van der Waals surface area contributed by atoms with Gasteiger partial charge in [-0.05, 0) is 60.7 Å². The summed E-state index contributed by atoms with van der Waals surface area (Å²) in [5.74, 6) is 0.279. The molecule has 0 aliphatic heterocycles. The van der Waals surface area contributed by atoms with Crippen LogP contribution in [0.4, 0.5) is 4.39 Å². The molecule has 0 amide bonds. The van der Waals surface area contributed by atoms with E-state index in [-0.39, 0.29) is 11.4 Å². The van der Waals surface area contributed by atoms with Crippen molar-refractivity contribution in [2.24, 2.45) is 0 Å². The Balaban J connectivity index is 1.85. The minimum absolute atomic E-state index is 0.0351. The number of hydrogen-bond donors (Lipinski definition) is 0. The Morgan fingerprint density at radius 3 is 2.55 bits per heavy atom. The van der Waals surface area contributed by atoms with Crippen molar-refractivity contribution in [2.45, 2.75) is 50.9 Å². The molecule has 0 atom stereocenters. The van der Waals surface area contributed by atoms with Crippen molar-refractivity contribution >= 4 is 33.3 Å². The molecule has 0 saturated heterocycles. The zero-order valence-corrected chi connectivity index (χ0v) is 19.6. The molecule has 0 radical (unpaired) electrons. The molecule has 4 aromatic rings. The van der Waals surface area contributed by atoms with Crippen molar-refractivity contribution in [1.82, 2.24) is 9.55 Å². The summed E-state index contributed by atoms with van der Waals surface area (Å²) in [5, 5.41) is 1.35. The lowest BCUT2D eigenvalue weighted by atomic mass is 10.1. The first kappa shape index (κ1) is 21.8. The second-order valence-corrected chi connectivity index (χ2v) is 9.58. The molecule has 4 rings (SSSR count). The van der Waals surface area contributed by atoms with E-state index in [9.17, 15) is 9.18 Å². The van der Waals surface area contributed by atoms with Gasteiger partial charge in [0.1, 0.15) is 10.6 Å². The van der Waals surface area contributed by atoms with Crippen molar-refractivity contribution < 1.29 is 4.39 Å². The molecule has 0 fully saturated rings. The predicted octanol–water partition coefficient (Wildman–Crippen LogP) is 6.70. The van der Waals surface area contributed by atoms with Gasteiger partial charge in [0, 0.05) is 10.6 Å². The molecule has 2 heterocycles. The first-order valence-electron chi connectivity index (χ1n) is 10.5. The molecular formula is C25H25FN2OS2. The first-order valence-corrected chi connectivity index (χ1v) is 12.3. The minimum Gasteiger partial charge on any atom is -0.268 e. The van der Waals surface area contributed by atoms with Crippen LogP contribution < -0.4 is 5.56 Å². The van der Waals surface area contributed by atoms with Crippen LogP contribution in [0.2, 0.25) is 0 Å². The van der Waals surface area contributed by atoms with Gasteiger partial charge in [-0.3, -0.25) is 9.36 Å². The highest BCUT2D eigenvalue weighted by Gasteiger charge is 2.19. The van der Waals surface area contributed by atoms with E-state index in [1.54, 1.807) is 22.0 Å². The molecule has 0 aliphatic rings. The van der Waals surface area contributed by atoms with Gasteiger partial charge in [0.2, 0.25) is 0 Å². The number of fused-ring (bicyclic) bond motifs is 1. The van der Waals surface area contributed by atoms with Crippen LogP contribution in [0.1, 0.15) is 41.8 Å². The SMILES string of the molecule is CCCc1sc2nc(SCc3cccc(F)c3)n(-c3ccc(CC)cc3)c(=O)c2c1C. The number of thioether (sulfide) groups is 1. The predicted molar refractivity (Wildman–Crippen MR) is 129 cm³/mol. The Labute approximate surface area is 190 Å². The number of hydrogen-bond acceptors (Lipinski definition) is 4. The summed E-state index contributed by atoms with van der Waals surface area (Å²) in [6.07, 6.45) is 2.92. The van der Waals surface area contributed by atoms with Crippen LogP contribution in [0.3, 0.4) is 0 Å². The lowest BCUT2D eigenvalue weighted by molar-refractivity contribution is 0.626. The van der Waals surface area contributed by atoms with E-state index in [0.717, 1.165) is 40.9 Å². The molecule has 0 unspecified atom stereocenters. The fourth-order valence-electron chi connectivity index (χ4n) is 3.66. The van der Waals surface area contributed by atoms with E-state index >= 15 is 0 Å². The summed E-state index contributed by atoms with van der Waals surface area (Å²) < 4.78 is 15.3. The maximum absolute atomic E-state index is 13.7. The second kappa shape index (κ2) is 9.37. The van der Waals surface area contributed by atoms with Crippen LogP contribution >= 0.6 is 23.1 Å². The maximum Gasteiger partial charge on any atom is 0.267 e. The van der Waals surface area contributed by atoms with Crippen LogP contribution in [-0.2, 0) is 18.6 Å². The van der Waals surface area contributed by atoms with Crippen molar-refractivity contribution in [3.05, 3.63) is 86.3 Å². The Kier molecular flexibility index (Phi) is 6.58. The van der Waals surface area contributed by atoms with Crippen LogP contribution in [0.5, 0.6) is 0 Å². The number of rotatable bonds is 7. The van der Waals surface area contributed by atoms with Crippen LogP contribution in [0.25, 0.3) is 15.9 Å². The Bertz CT molecular complexity index is 1280. The van der Waals surface area contributed by atoms with Crippen LogP contribution in [0.15, 0.2) is 58.5 Å². The number of nitrogens with zero attached hydrogens (tertiary/aromatic N) is 2. The summed E-state index contributed by atoms with van der Waals surface area (Å²) >= 11 is 3.08. The van der Waals surface area contributed by atoms with Gasteiger partial charge in [0.15, 0.2) is 5.16 Å². The molecule has 0 bridgehead atoms. The fourth-order valence-corrected chi connectivity index (χ4v) is 5.93. The third-order valence-electron chi connectivity index (χ3n) is 5.37. The second-order valence-electron chi connectivity index (χ2n) is 7.55. The number of halogens is 1. The van der Waals surface area contributed by atoms with E-state index in [4.69, 9.17) is 4.98 Å². The maximum atomic E-state index is 13.7. The largest absolute Gasteiger partial charge is 0.268 e. The van der Waals surface area contributed by atoms with Crippen molar-refractivity contribution in [3.8, 4) is 5.69 Å². The molecule has 0 N–H and O–H groups in total. The van der Waals surface area contributed by atoms with Gasteiger partial charge < -0.3 is 0 Å². The summed E-state index contributed by atoms with van der Waals surface area (Å²) in [4.78, 5) is 20.6. The minimum atomic E-state index is -0.257. The van der Waals surface area contributed by atoms with Gasteiger partial charge in [0.05, 0.1) is 11.1 Å². The highest BCUT2D eigenvalue weighted by atomic mass is 32.2. The quantitative estimate of drug-likeness (QED) is 0.231. The van der Waals surface area contributed by atoms with Crippen molar-refractivity contribution in [3.63, 3.8) is 0 Å². The van der Waals surface area contributed by atoms with Gasteiger partial charge in [-0.1, -0.05) is 56.3 Å². The standard InChI is InChI=1S/C25H25FN2OS2/c1-4-7-21-16(3)22-23(31-21)27-25(30-15-18-8-6-9-19(26)14-18)28(24(22)29)20-12-10-17(5-2)11-13-20/h6,8-14H,4-5,7,15H2,1-3H3. The fraction of sp³-hybridized carbons (Fsp3) is 0.280. The van der Waals surface area contributed by atoms with E-state index in [2.05, 4.69) is 26.0 Å². The molecule has 0 saturated carbocycles. The normalized spacial score (nSPS) is 11.4. The van der Waals surface area contributed by atoms with Gasteiger partial charge in [-0.2, -0.15) is 0 Å². The molecule has 31 heavy (non-hydrogen) atoms. The van der Waals surface area contributed by atoms with Crippen molar-refractivity contribution in [2.75, 3.05) is 0 Å². The topological polar surface area (TPSA) is 34.9 Å². The molecule has 2 aromatic carbocycles. The molecule has 3 nitrogen and oxygen atoms in total. The summed E-state index contributed by atoms with van der Waals surface area (Å²) in [6, 6.07) is 14.6. The average Bonchev–Trinajstić information content (AvgIpc) is 3.08. The number of aromatic nitrogens is 2. The molecule has 0 spiro atoms. The summed E-state index contributed by atoms with van der Waals surface area (Å²) in [7, 11) is 0. The van der Waals surface area contributed by atoms with E-state index < -0.39 is 0 Å². The number of benzene rings is 2. The smallest absolute Gasteiger partial charge is 0.267 e. The lowest BCUT2D eigenvalue weighted by Gasteiger charge is -2.13. The summed E-state index contributed by atoms with van der Waals surface area (Å²) in [6.45, 7) is 6.28. The van der Waals surface area contributed by atoms with Gasteiger partial charge in [-0.25, -0.2) is 9.37 Å². The molecule has 6 heteroatoms. The first-order chi connectivity index (χ1) is 15.0. The monoisotopic (exact) mass is 452 g/mol. The van der Waals surface area contributed by atoms with Gasteiger partial charge in [-0.15, -0.1) is 11.3 Å². The van der Waals surface area contributed by atoms with Crippen LogP contribution in [0, 0.1) is 12.7 Å². The molecule has 160 valence electrons. The van der Waals surface area contributed by atoms with E-state index in [0.29, 0.717) is 16.3 Å². The lowest BCUT2D eigenvalue weighted by Crippen LogP contribution is -2.21. The molecule has 2 aromatic heterocycles. The third-order valence-corrected chi connectivity index (χ3v) is 7.62. The Morgan fingerprint density at radius 2 is 1.87 bits per heavy atom. The highest BCUT2D eigenvalue weighted by Crippen LogP contribution is 2.32. The third kappa shape index (κ3) is 4.46. The molecular weight excluding hydrogens is 427 g/mol.